The second-order valence-corrected chi connectivity index (χ2v) is 8.40. The molecule has 172 valence electrons. The van der Waals surface area contributed by atoms with Gasteiger partial charge in [-0.15, -0.1) is 0 Å². The molecular weight excluding hydrogens is 451 g/mol. The Morgan fingerprint density at radius 1 is 1.06 bits per heavy atom. The molecule has 2 N–H and O–H groups in total. The topological polar surface area (TPSA) is 54.0 Å². The van der Waals surface area contributed by atoms with Crippen LogP contribution in [0.2, 0.25) is 5.02 Å². The van der Waals surface area contributed by atoms with Crippen molar-refractivity contribution in [3.63, 3.8) is 0 Å². The number of hydrogen-bond acceptors (Lipinski definition) is 3. The molecule has 0 aliphatic carbocycles. The lowest BCUT2D eigenvalue weighted by Crippen LogP contribution is -2.46. The number of pyridine rings is 1. The molecule has 33 heavy (non-hydrogen) atoms. The molecule has 4 rings (SSSR count). The molecule has 2 atom stereocenters. The highest BCUT2D eigenvalue weighted by molar-refractivity contribution is 6.34. The lowest BCUT2D eigenvalue weighted by molar-refractivity contribution is -0.137. The van der Waals surface area contributed by atoms with Crippen LogP contribution in [0.4, 0.5) is 13.2 Å². The molecule has 1 aliphatic heterocycles. The molecule has 1 aliphatic rings. The molecule has 1 fully saturated rings. The molecule has 2 aromatic carbocycles. The minimum Gasteiger partial charge on any atom is -0.342 e. The number of nitrogens with one attached hydrogen (secondary N) is 2. The third-order valence-electron chi connectivity index (χ3n) is 5.80. The lowest BCUT2D eigenvalue weighted by Gasteiger charge is -2.32. The fourth-order valence-electron chi connectivity index (χ4n) is 4.15. The van der Waals surface area contributed by atoms with Gasteiger partial charge in [0.1, 0.15) is 5.69 Å². The highest BCUT2D eigenvalue weighted by Crippen LogP contribution is 2.36. The summed E-state index contributed by atoms with van der Waals surface area (Å²) in [6.45, 7) is 0.804. The van der Waals surface area contributed by atoms with Crippen molar-refractivity contribution < 1.29 is 18.0 Å². The summed E-state index contributed by atoms with van der Waals surface area (Å²) in [5, 5.41) is 5.64. The van der Waals surface area contributed by atoms with Gasteiger partial charge in [-0.1, -0.05) is 66.6 Å². The normalized spacial score (nSPS) is 17.4. The molecule has 3 aromatic rings. The largest absolute Gasteiger partial charge is 0.417 e. The molecule has 0 radical (unpaired) electrons. The Labute approximate surface area is 195 Å². The zero-order chi connectivity index (χ0) is 23.4. The van der Waals surface area contributed by atoms with Gasteiger partial charge in [0.25, 0.3) is 5.91 Å². The van der Waals surface area contributed by atoms with Crippen LogP contribution in [0.15, 0.2) is 66.9 Å². The first-order valence-corrected chi connectivity index (χ1v) is 11.1. The number of carbonyl (C=O) groups excluding carboxylic acids is 1. The number of rotatable bonds is 5. The fourth-order valence-corrected chi connectivity index (χ4v) is 4.46. The van der Waals surface area contributed by atoms with Crippen molar-refractivity contribution in [2.45, 2.75) is 37.5 Å². The maximum absolute atomic E-state index is 13.3. The van der Waals surface area contributed by atoms with Crippen LogP contribution < -0.4 is 10.6 Å². The SMILES string of the molecule is O=C(N[C@@H](c1cccc(-c2ccccc2)c1)[C@@H]1CCCCN1)c1nccc(C(F)(F)F)c1Cl. The summed E-state index contributed by atoms with van der Waals surface area (Å²) in [5.74, 6) is -0.742. The highest BCUT2D eigenvalue weighted by Gasteiger charge is 2.36. The first-order chi connectivity index (χ1) is 15.8. The number of amides is 1. The minimum atomic E-state index is -4.68. The maximum atomic E-state index is 13.3. The van der Waals surface area contributed by atoms with Gasteiger partial charge in [-0.05, 0) is 48.2 Å². The van der Waals surface area contributed by atoms with E-state index < -0.39 is 34.4 Å². The molecule has 0 saturated carbocycles. The van der Waals surface area contributed by atoms with Gasteiger partial charge in [0.15, 0.2) is 0 Å². The number of hydrogen-bond donors (Lipinski definition) is 2. The third-order valence-corrected chi connectivity index (χ3v) is 6.18. The van der Waals surface area contributed by atoms with Crippen LogP contribution in [-0.2, 0) is 6.18 Å². The smallest absolute Gasteiger partial charge is 0.342 e. The van der Waals surface area contributed by atoms with E-state index in [1.807, 2.05) is 54.6 Å². The van der Waals surface area contributed by atoms with Gasteiger partial charge >= 0.3 is 6.18 Å². The van der Waals surface area contributed by atoms with Crippen molar-refractivity contribution in [1.82, 2.24) is 15.6 Å². The Morgan fingerprint density at radius 3 is 2.52 bits per heavy atom. The minimum absolute atomic E-state index is 0.0710. The van der Waals surface area contributed by atoms with Gasteiger partial charge in [0.05, 0.1) is 16.6 Å². The van der Waals surface area contributed by atoms with Crippen molar-refractivity contribution >= 4 is 17.5 Å². The van der Waals surface area contributed by atoms with Crippen LogP contribution in [0.1, 0.15) is 46.9 Å². The quantitative estimate of drug-likeness (QED) is 0.475. The van der Waals surface area contributed by atoms with Gasteiger partial charge in [-0.3, -0.25) is 4.79 Å². The van der Waals surface area contributed by atoms with Crippen LogP contribution in [0, 0.1) is 0 Å². The molecular formula is C25H23ClF3N3O. The predicted molar refractivity (Wildman–Crippen MR) is 122 cm³/mol. The maximum Gasteiger partial charge on any atom is 0.417 e. The highest BCUT2D eigenvalue weighted by atomic mass is 35.5. The van der Waals surface area contributed by atoms with Gasteiger partial charge < -0.3 is 10.6 Å². The number of aromatic nitrogens is 1. The van der Waals surface area contributed by atoms with Crippen LogP contribution in [0.5, 0.6) is 0 Å². The van der Waals surface area contributed by atoms with E-state index in [9.17, 15) is 18.0 Å². The number of piperidine rings is 1. The van der Waals surface area contributed by atoms with Crippen LogP contribution in [0.25, 0.3) is 11.1 Å². The Bertz CT molecular complexity index is 1120. The van der Waals surface area contributed by atoms with E-state index in [1.54, 1.807) is 0 Å². The van der Waals surface area contributed by atoms with E-state index in [2.05, 4.69) is 15.6 Å². The molecule has 1 amide bonds. The van der Waals surface area contributed by atoms with E-state index in [0.29, 0.717) is 0 Å². The number of halogens is 4. The van der Waals surface area contributed by atoms with E-state index in [-0.39, 0.29) is 6.04 Å². The zero-order valence-corrected chi connectivity index (χ0v) is 18.5. The monoisotopic (exact) mass is 473 g/mol. The number of carbonyl (C=O) groups is 1. The number of alkyl halides is 3. The first-order valence-electron chi connectivity index (χ1n) is 10.8. The van der Waals surface area contributed by atoms with Crippen LogP contribution in [-0.4, -0.2) is 23.5 Å². The first kappa shape index (κ1) is 23.3. The average Bonchev–Trinajstić information content (AvgIpc) is 2.83. The number of benzene rings is 2. The van der Waals surface area contributed by atoms with Crippen molar-refractivity contribution in [3.8, 4) is 11.1 Å². The molecule has 0 bridgehead atoms. The van der Waals surface area contributed by atoms with Crippen LogP contribution in [0.3, 0.4) is 0 Å². The average molecular weight is 474 g/mol. The summed E-state index contributed by atoms with van der Waals surface area (Å²) in [4.78, 5) is 16.9. The zero-order valence-electron chi connectivity index (χ0n) is 17.7. The Balaban J connectivity index is 1.68. The standard InChI is InChI=1S/C25H23ClF3N3O/c26-21-19(25(27,28)29)12-14-31-23(21)24(33)32-22(20-11-4-5-13-30-20)18-10-6-9-17(15-18)16-7-2-1-3-8-16/h1-3,6-10,12,14-15,20,22,30H,4-5,11,13H2,(H,32,33)/t20-,22-/m0/s1. The molecule has 2 heterocycles. The van der Waals surface area contributed by atoms with Gasteiger partial charge in [-0.2, -0.15) is 13.2 Å². The second kappa shape index (κ2) is 9.93. The van der Waals surface area contributed by atoms with Crippen molar-refractivity contribution in [3.05, 3.63) is 88.7 Å². The molecule has 1 saturated heterocycles. The van der Waals surface area contributed by atoms with E-state index in [4.69, 9.17) is 11.6 Å². The number of nitrogens with zero attached hydrogens (tertiary/aromatic N) is 1. The predicted octanol–water partition coefficient (Wildman–Crippen LogP) is 6.03. The summed E-state index contributed by atoms with van der Waals surface area (Å²) in [6, 6.07) is 17.9. The molecule has 0 unspecified atom stereocenters. The van der Waals surface area contributed by atoms with E-state index in [1.165, 1.54) is 0 Å². The summed E-state index contributed by atoms with van der Waals surface area (Å²) < 4.78 is 39.8. The Hall–Kier alpha value is -2.90. The van der Waals surface area contributed by atoms with E-state index >= 15 is 0 Å². The summed E-state index contributed by atoms with van der Waals surface area (Å²) in [5.41, 5.74) is 1.35. The molecule has 1 aromatic heterocycles. The Morgan fingerprint density at radius 2 is 1.82 bits per heavy atom. The van der Waals surface area contributed by atoms with Crippen molar-refractivity contribution in [2.75, 3.05) is 6.54 Å². The lowest BCUT2D eigenvalue weighted by atomic mass is 9.90. The van der Waals surface area contributed by atoms with Crippen molar-refractivity contribution in [2.24, 2.45) is 0 Å². The summed E-state index contributed by atoms with van der Waals surface area (Å²) in [7, 11) is 0. The second-order valence-electron chi connectivity index (χ2n) is 8.02. The molecule has 0 spiro atoms. The Kier molecular flexibility index (Phi) is 7.00. The summed E-state index contributed by atoms with van der Waals surface area (Å²) >= 11 is 5.95. The van der Waals surface area contributed by atoms with Gasteiger partial charge in [-0.25, -0.2) is 4.98 Å². The van der Waals surface area contributed by atoms with Gasteiger partial charge in [0, 0.05) is 12.2 Å². The van der Waals surface area contributed by atoms with Crippen LogP contribution >= 0.6 is 11.6 Å². The van der Waals surface area contributed by atoms with E-state index in [0.717, 1.165) is 54.8 Å². The van der Waals surface area contributed by atoms with Crippen molar-refractivity contribution in [1.29, 1.82) is 0 Å². The third kappa shape index (κ3) is 5.37. The molecule has 4 nitrogen and oxygen atoms in total. The summed E-state index contributed by atoms with van der Waals surface area (Å²) in [6.07, 6.45) is -0.881. The fraction of sp³-hybridized carbons (Fsp3) is 0.280. The van der Waals surface area contributed by atoms with Gasteiger partial charge in [0.2, 0.25) is 0 Å². The molecule has 8 heteroatoms.